The zero-order valence-corrected chi connectivity index (χ0v) is 13.3. The lowest BCUT2D eigenvalue weighted by Gasteiger charge is -2.15. The monoisotopic (exact) mass is 321 g/mol. The third-order valence-corrected chi connectivity index (χ3v) is 4.08. The van der Waals surface area contributed by atoms with Crippen LogP contribution in [0.15, 0.2) is 65.7 Å². The van der Waals surface area contributed by atoms with Crippen molar-refractivity contribution in [2.45, 2.75) is 19.1 Å². The molecule has 0 amide bonds. The highest BCUT2D eigenvalue weighted by atomic mass is 16.3. The Balaban J connectivity index is 1.87. The molecular formula is C20H19NO3. The number of hydrogen-bond donors (Lipinski definition) is 3. The maximum absolute atomic E-state index is 10.4. The molecule has 0 saturated carbocycles. The number of fused-ring (bicyclic) bond motifs is 1. The van der Waals surface area contributed by atoms with Crippen LogP contribution in [0.4, 0.5) is 0 Å². The fourth-order valence-corrected chi connectivity index (χ4v) is 2.64. The van der Waals surface area contributed by atoms with Gasteiger partial charge in [0.15, 0.2) is 0 Å². The van der Waals surface area contributed by atoms with Crippen LogP contribution in [0.3, 0.4) is 0 Å². The van der Waals surface area contributed by atoms with E-state index in [4.69, 9.17) is 0 Å². The van der Waals surface area contributed by atoms with Crippen LogP contribution in [0.1, 0.15) is 24.2 Å². The lowest BCUT2D eigenvalue weighted by Crippen LogP contribution is -2.12. The van der Waals surface area contributed by atoms with E-state index in [-0.39, 0.29) is 11.5 Å². The Kier molecular flexibility index (Phi) is 4.49. The van der Waals surface area contributed by atoms with Crippen LogP contribution in [0.25, 0.3) is 10.8 Å². The molecular weight excluding hydrogens is 302 g/mol. The van der Waals surface area contributed by atoms with Crippen LogP contribution in [-0.2, 0) is 0 Å². The third-order valence-electron chi connectivity index (χ3n) is 4.08. The van der Waals surface area contributed by atoms with E-state index in [0.29, 0.717) is 11.1 Å². The molecule has 0 heterocycles. The maximum atomic E-state index is 10.4. The van der Waals surface area contributed by atoms with Gasteiger partial charge in [-0.25, -0.2) is 0 Å². The molecule has 3 aromatic rings. The number of aliphatic hydroxyl groups excluding tert-OH is 1. The van der Waals surface area contributed by atoms with Gasteiger partial charge < -0.3 is 15.3 Å². The standard InChI is InChI=1S/C20H19NO3/c1-13(20(24)15-6-9-16(22)10-7-15)21-12-18-17-5-3-2-4-14(17)8-11-19(18)23/h2-13,20,22-24H,1H3/t13-,20+/m0/s1. The zero-order chi connectivity index (χ0) is 17.1. The average molecular weight is 321 g/mol. The summed E-state index contributed by atoms with van der Waals surface area (Å²) in [6.07, 6.45) is 0.811. The average Bonchev–Trinajstić information content (AvgIpc) is 2.60. The molecule has 0 unspecified atom stereocenters. The number of phenolic OH excluding ortho intramolecular Hbond substituents is 2. The molecule has 24 heavy (non-hydrogen) atoms. The van der Waals surface area contributed by atoms with Crippen molar-refractivity contribution in [3.8, 4) is 11.5 Å². The van der Waals surface area contributed by atoms with Gasteiger partial charge in [-0.2, -0.15) is 0 Å². The number of aliphatic hydroxyl groups is 1. The molecule has 2 atom stereocenters. The van der Waals surface area contributed by atoms with E-state index in [1.54, 1.807) is 31.3 Å². The van der Waals surface area contributed by atoms with E-state index in [0.717, 1.165) is 10.8 Å². The molecule has 0 fully saturated rings. The topological polar surface area (TPSA) is 73.1 Å². The highest BCUT2D eigenvalue weighted by Gasteiger charge is 2.15. The summed E-state index contributed by atoms with van der Waals surface area (Å²) in [5, 5.41) is 31.8. The lowest BCUT2D eigenvalue weighted by molar-refractivity contribution is 0.154. The van der Waals surface area contributed by atoms with Gasteiger partial charge in [0.05, 0.1) is 6.04 Å². The highest BCUT2D eigenvalue weighted by Crippen LogP contribution is 2.26. The summed E-state index contributed by atoms with van der Waals surface area (Å²) in [5.74, 6) is 0.312. The summed E-state index contributed by atoms with van der Waals surface area (Å²) >= 11 is 0. The molecule has 122 valence electrons. The van der Waals surface area contributed by atoms with Crippen molar-refractivity contribution in [2.75, 3.05) is 0 Å². The highest BCUT2D eigenvalue weighted by molar-refractivity contribution is 6.02. The second-order valence-corrected chi connectivity index (χ2v) is 5.77. The molecule has 0 aliphatic rings. The van der Waals surface area contributed by atoms with Gasteiger partial charge in [-0.05, 0) is 41.5 Å². The first-order chi connectivity index (χ1) is 11.6. The fourth-order valence-electron chi connectivity index (χ4n) is 2.64. The number of phenols is 2. The van der Waals surface area contributed by atoms with Crippen molar-refractivity contribution < 1.29 is 15.3 Å². The first-order valence-electron chi connectivity index (χ1n) is 7.77. The van der Waals surface area contributed by atoms with Gasteiger partial charge in [-0.15, -0.1) is 0 Å². The molecule has 4 nitrogen and oxygen atoms in total. The summed E-state index contributed by atoms with van der Waals surface area (Å²) in [7, 11) is 0. The maximum Gasteiger partial charge on any atom is 0.124 e. The van der Waals surface area contributed by atoms with E-state index < -0.39 is 12.1 Å². The van der Waals surface area contributed by atoms with E-state index in [9.17, 15) is 15.3 Å². The Morgan fingerprint density at radius 3 is 2.38 bits per heavy atom. The molecule has 0 bridgehead atoms. The summed E-state index contributed by atoms with van der Waals surface area (Å²) in [4.78, 5) is 4.41. The predicted molar refractivity (Wildman–Crippen MR) is 95.7 cm³/mol. The molecule has 0 saturated heterocycles. The second kappa shape index (κ2) is 6.72. The van der Waals surface area contributed by atoms with Crippen molar-refractivity contribution >= 4 is 17.0 Å². The van der Waals surface area contributed by atoms with Crippen LogP contribution in [-0.4, -0.2) is 27.6 Å². The summed E-state index contributed by atoms with van der Waals surface area (Å²) in [6.45, 7) is 1.80. The summed E-state index contributed by atoms with van der Waals surface area (Å²) < 4.78 is 0. The minimum absolute atomic E-state index is 0.155. The summed E-state index contributed by atoms with van der Waals surface area (Å²) in [5.41, 5.74) is 1.32. The largest absolute Gasteiger partial charge is 0.508 e. The van der Waals surface area contributed by atoms with Gasteiger partial charge in [0.25, 0.3) is 0 Å². The number of aromatic hydroxyl groups is 2. The van der Waals surface area contributed by atoms with Gasteiger partial charge >= 0.3 is 0 Å². The molecule has 0 aliphatic carbocycles. The number of hydrogen-bond acceptors (Lipinski definition) is 4. The second-order valence-electron chi connectivity index (χ2n) is 5.77. The molecule has 3 N–H and O–H groups in total. The molecule has 3 rings (SSSR count). The van der Waals surface area contributed by atoms with Crippen molar-refractivity contribution in [1.29, 1.82) is 0 Å². The lowest BCUT2D eigenvalue weighted by atomic mass is 10.0. The number of aliphatic imine (C=N–C) groups is 1. The Bertz CT molecular complexity index is 872. The normalized spacial score (nSPS) is 14.1. The Morgan fingerprint density at radius 1 is 0.917 bits per heavy atom. The van der Waals surface area contributed by atoms with Gasteiger partial charge in [0.1, 0.15) is 17.6 Å². The Labute approximate surface area is 140 Å². The van der Waals surface area contributed by atoms with Crippen LogP contribution < -0.4 is 0 Å². The minimum Gasteiger partial charge on any atom is -0.508 e. The molecule has 3 aromatic carbocycles. The Morgan fingerprint density at radius 2 is 1.62 bits per heavy atom. The smallest absolute Gasteiger partial charge is 0.124 e. The Hall–Kier alpha value is -2.85. The first-order valence-corrected chi connectivity index (χ1v) is 7.77. The van der Waals surface area contributed by atoms with E-state index in [2.05, 4.69) is 4.99 Å². The molecule has 0 spiro atoms. The molecule has 4 heteroatoms. The van der Waals surface area contributed by atoms with Crippen molar-refractivity contribution in [3.05, 3.63) is 71.8 Å². The zero-order valence-electron chi connectivity index (χ0n) is 13.3. The van der Waals surface area contributed by atoms with Crippen molar-refractivity contribution in [2.24, 2.45) is 4.99 Å². The number of rotatable bonds is 4. The molecule has 0 radical (unpaired) electrons. The van der Waals surface area contributed by atoms with E-state index in [1.165, 1.54) is 12.1 Å². The number of nitrogens with zero attached hydrogens (tertiary/aromatic N) is 1. The van der Waals surface area contributed by atoms with E-state index in [1.807, 2.05) is 30.3 Å². The SMILES string of the molecule is C[C@H](N=Cc1c(O)ccc2ccccc12)[C@@H](O)c1ccc(O)cc1. The van der Waals surface area contributed by atoms with Gasteiger partial charge in [0, 0.05) is 11.8 Å². The third kappa shape index (κ3) is 3.24. The number of benzene rings is 3. The van der Waals surface area contributed by atoms with Crippen molar-refractivity contribution in [3.63, 3.8) is 0 Å². The van der Waals surface area contributed by atoms with Crippen LogP contribution in [0.5, 0.6) is 11.5 Å². The molecule has 0 aliphatic heterocycles. The fraction of sp³-hybridized carbons (Fsp3) is 0.150. The van der Waals surface area contributed by atoms with Crippen LogP contribution in [0.2, 0.25) is 0 Å². The predicted octanol–water partition coefficient (Wildman–Crippen LogP) is 3.79. The van der Waals surface area contributed by atoms with Gasteiger partial charge in [0.2, 0.25) is 0 Å². The minimum atomic E-state index is -0.793. The van der Waals surface area contributed by atoms with Crippen LogP contribution in [0, 0.1) is 0 Å². The first kappa shape index (κ1) is 16.0. The van der Waals surface area contributed by atoms with E-state index >= 15 is 0 Å². The van der Waals surface area contributed by atoms with Crippen molar-refractivity contribution in [1.82, 2.24) is 0 Å². The van der Waals surface area contributed by atoms with Gasteiger partial charge in [-0.3, -0.25) is 4.99 Å². The van der Waals surface area contributed by atoms with Gasteiger partial charge in [-0.1, -0.05) is 42.5 Å². The quantitative estimate of drug-likeness (QED) is 0.640. The molecule has 0 aromatic heterocycles. The summed E-state index contributed by atoms with van der Waals surface area (Å²) in [6, 6.07) is 17.3. The van der Waals surface area contributed by atoms with Crippen LogP contribution >= 0.6 is 0 Å².